The van der Waals surface area contributed by atoms with E-state index in [2.05, 4.69) is 25.8 Å². The van der Waals surface area contributed by atoms with Crippen molar-refractivity contribution < 1.29 is 4.79 Å². The fourth-order valence-corrected chi connectivity index (χ4v) is 2.16. The van der Waals surface area contributed by atoms with Crippen LogP contribution in [-0.4, -0.2) is 48.9 Å². The lowest BCUT2D eigenvalue weighted by molar-refractivity contribution is -0.136. The van der Waals surface area contributed by atoms with Crippen LogP contribution in [0.3, 0.4) is 0 Å². The highest BCUT2D eigenvalue weighted by atomic mass is 16.2. The van der Waals surface area contributed by atoms with Gasteiger partial charge in [-0.1, -0.05) is 33.1 Å². The standard InChI is InChI=1S/C13H26N2O/c1-4-5-6-7-12(2)13(16)15-10-8-14(3)9-11-15/h12H,4-11H2,1-3H3. The maximum Gasteiger partial charge on any atom is 0.225 e. The van der Waals surface area contributed by atoms with Gasteiger partial charge in [-0.15, -0.1) is 0 Å². The Morgan fingerprint density at radius 3 is 2.38 bits per heavy atom. The van der Waals surface area contributed by atoms with E-state index in [4.69, 9.17) is 0 Å². The topological polar surface area (TPSA) is 23.6 Å². The van der Waals surface area contributed by atoms with Crippen LogP contribution in [0.1, 0.15) is 39.5 Å². The van der Waals surface area contributed by atoms with Gasteiger partial charge in [-0.3, -0.25) is 4.79 Å². The number of likely N-dealkylation sites (N-methyl/N-ethyl adjacent to an activating group) is 1. The molecule has 16 heavy (non-hydrogen) atoms. The molecule has 3 nitrogen and oxygen atoms in total. The van der Waals surface area contributed by atoms with Crippen LogP contribution in [0, 0.1) is 5.92 Å². The van der Waals surface area contributed by atoms with Crippen molar-refractivity contribution in [2.45, 2.75) is 39.5 Å². The van der Waals surface area contributed by atoms with Crippen molar-refractivity contribution >= 4 is 5.91 Å². The first kappa shape index (κ1) is 13.5. The molecule has 1 amide bonds. The van der Waals surface area contributed by atoms with Gasteiger partial charge >= 0.3 is 0 Å². The Bertz CT molecular complexity index is 210. The third-order valence-corrected chi connectivity index (χ3v) is 3.48. The summed E-state index contributed by atoms with van der Waals surface area (Å²) in [7, 11) is 2.12. The molecular weight excluding hydrogens is 200 g/mol. The lowest BCUT2D eigenvalue weighted by atomic mass is 10.0. The number of hydrogen-bond donors (Lipinski definition) is 0. The molecule has 0 aliphatic carbocycles. The van der Waals surface area contributed by atoms with Crippen LogP contribution in [0.25, 0.3) is 0 Å². The molecule has 1 rings (SSSR count). The van der Waals surface area contributed by atoms with Crippen LogP contribution in [0.15, 0.2) is 0 Å². The zero-order valence-corrected chi connectivity index (χ0v) is 11.0. The summed E-state index contributed by atoms with van der Waals surface area (Å²) in [5, 5.41) is 0. The molecule has 1 heterocycles. The Morgan fingerprint density at radius 1 is 1.19 bits per heavy atom. The number of unbranched alkanes of at least 4 members (excludes halogenated alkanes) is 2. The molecule has 0 radical (unpaired) electrons. The molecule has 0 aromatic heterocycles. The molecule has 1 fully saturated rings. The first-order valence-corrected chi connectivity index (χ1v) is 6.62. The summed E-state index contributed by atoms with van der Waals surface area (Å²) < 4.78 is 0. The zero-order valence-electron chi connectivity index (χ0n) is 11.0. The molecule has 3 heteroatoms. The van der Waals surface area contributed by atoms with E-state index in [1.807, 2.05) is 4.90 Å². The Balaban J connectivity index is 2.27. The fraction of sp³-hybridized carbons (Fsp3) is 0.923. The SMILES string of the molecule is CCCCCC(C)C(=O)N1CCN(C)CC1. The van der Waals surface area contributed by atoms with Gasteiger partial charge in [0.1, 0.15) is 0 Å². The normalized spacial score (nSPS) is 19.8. The van der Waals surface area contributed by atoms with E-state index in [1.54, 1.807) is 0 Å². The molecule has 0 saturated carbocycles. The molecule has 1 saturated heterocycles. The lowest BCUT2D eigenvalue weighted by Crippen LogP contribution is -2.48. The van der Waals surface area contributed by atoms with Gasteiger partial charge in [-0.2, -0.15) is 0 Å². The van der Waals surface area contributed by atoms with Crippen molar-refractivity contribution in [1.82, 2.24) is 9.80 Å². The molecule has 0 aromatic carbocycles. The molecule has 0 spiro atoms. The monoisotopic (exact) mass is 226 g/mol. The summed E-state index contributed by atoms with van der Waals surface area (Å²) in [5.41, 5.74) is 0. The van der Waals surface area contributed by atoms with Crippen molar-refractivity contribution in [1.29, 1.82) is 0 Å². The Morgan fingerprint density at radius 2 is 1.81 bits per heavy atom. The molecule has 1 unspecified atom stereocenters. The highest BCUT2D eigenvalue weighted by Crippen LogP contribution is 2.13. The van der Waals surface area contributed by atoms with E-state index in [9.17, 15) is 4.79 Å². The maximum atomic E-state index is 12.1. The lowest BCUT2D eigenvalue weighted by Gasteiger charge is -2.34. The molecular formula is C13H26N2O. The van der Waals surface area contributed by atoms with E-state index < -0.39 is 0 Å². The minimum Gasteiger partial charge on any atom is -0.340 e. The third-order valence-electron chi connectivity index (χ3n) is 3.48. The van der Waals surface area contributed by atoms with Gasteiger partial charge in [0.25, 0.3) is 0 Å². The minimum absolute atomic E-state index is 0.218. The number of piperazine rings is 1. The average molecular weight is 226 g/mol. The van der Waals surface area contributed by atoms with Gasteiger partial charge in [-0.05, 0) is 13.5 Å². The maximum absolute atomic E-state index is 12.1. The zero-order chi connectivity index (χ0) is 12.0. The highest BCUT2D eigenvalue weighted by molar-refractivity contribution is 5.78. The van der Waals surface area contributed by atoms with Crippen molar-refractivity contribution in [2.75, 3.05) is 33.2 Å². The number of carbonyl (C=O) groups is 1. The number of hydrogen-bond acceptors (Lipinski definition) is 2. The minimum atomic E-state index is 0.218. The van der Waals surface area contributed by atoms with Crippen molar-refractivity contribution in [3.63, 3.8) is 0 Å². The Labute approximate surface area is 99.8 Å². The van der Waals surface area contributed by atoms with Crippen molar-refractivity contribution in [2.24, 2.45) is 5.92 Å². The van der Waals surface area contributed by atoms with Crippen LogP contribution in [-0.2, 0) is 4.79 Å². The molecule has 0 aromatic rings. The van der Waals surface area contributed by atoms with Gasteiger partial charge in [-0.25, -0.2) is 0 Å². The van der Waals surface area contributed by atoms with E-state index in [-0.39, 0.29) is 5.92 Å². The van der Waals surface area contributed by atoms with Crippen LogP contribution >= 0.6 is 0 Å². The Kier molecular flexibility index (Phi) is 5.81. The molecule has 94 valence electrons. The summed E-state index contributed by atoms with van der Waals surface area (Å²) in [4.78, 5) is 16.4. The number of amides is 1. The molecule has 0 bridgehead atoms. The van der Waals surface area contributed by atoms with Crippen LogP contribution < -0.4 is 0 Å². The highest BCUT2D eigenvalue weighted by Gasteiger charge is 2.22. The van der Waals surface area contributed by atoms with Crippen molar-refractivity contribution in [3.05, 3.63) is 0 Å². The fourth-order valence-electron chi connectivity index (χ4n) is 2.16. The Hall–Kier alpha value is -0.570. The van der Waals surface area contributed by atoms with E-state index in [0.29, 0.717) is 5.91 Å². The molecule has 1 aliphatic heterocycles. The average Bonchev–Trinajstić information content (AvgIpc) is 2.29. The molecule has 0 N–H and O–H groups in total. The third kappa shape index (κ3) is 4.12. The quantitative estimate of drug-likeness (QED) is 0.669. The second-order valence-electron chi connectivity index (χ2n) is 5.03. The second kappa shape index (κ2) is 6.89. The summed E-state index contributed by atoms with van der Waals surface area (Å²) in [6.45, 7) is 8.14. The largest absolute Gasteiger partial charge is 0.340 e. The van der Waals surface area contributed by atoms with Gasteiger partial charge in [0, 0.05) is 32.1 Å². The van der Waals surface area contributed by atoms with Crippen molar-refractivity contribution in [3.8, 4) is 0 Å². The predicted molar refractivity (Wildman–Crippen MR) is 67.4 cm³/mol. The first-order chi connectivity index (χ1) is 7.65. The van der Waals surface area contributed by atoms with E-state index >= 15 is 0 Å². The number of nitrogens with zero attached hydrogens (tertiary/aromatic N) is 2. The summed E-state index contributed by atoms with van der Waals surface area (Å²) in [6, 6.07) is 0. The van der Waals surface area contributed by atoms with Gasteiger partial charge in [0.15, 0.2) is 0 Å². The summed E-state index contributed by atoms with van der Waals surface area (Å²) >= 11 is 0. The van der Waals surface area contributed by atoms with Crippen LogP contribution in [0.4, 0.5) is 0 Å². The number of carbonyl (C=O) groups excluding carboxylic acids is 1. The summed E-state index contributed by atoms with van der Waals surface area (Å²) in [5.74, 6) is 0.583. The van der Waals surface area contributed by atoms with Crippen LogP contribution in [0.5, 0.6) is 0 Å². The van der Waals surface area contributed by atoms with E-state index in [0.717, 1.165) is 32.6 Å². The van der Waals surface area contributed by atoms with Gasteiger partial charge < -0.3 is 9.80 Å². The van der Waals surface area contributed by atoms with Gasteiger partial charge in [0.2, 0.25) is 5.91 Å². The van der Waals surface area contributed by atoms with Crippen LogP contribution in [0.2, 0.25) is 0 Å². The summed E-state index contributed by atoms with van der Waals surface area (Å²) in [6.07, 6.45) is 4.73. The van der Waals surface area contributed by atoms with E-state index in [1.165, 1.54) is 19.3 Å². The molecule has 1 aliphatic rings. The predicted octanol–water partition coefficient (Wildman–Crippen LogP) is 1.98. The second-order valence-corrected chi connectivity index (χ2v) is 5.03. The smallest absolute Gasteiger partial charge is 0.225 e. The molecule has 1 atom stereocenters. The number of rotatable bonds is 5. The first-order valence-electron chi connectivity index (χ1n) is 6.62. The van der Waals surface area contributed by atoms with Gasteiger partial charge in [0.05, 0.1) is 0 Å².